The molecule has 0 bridgehead atoms. The number of Topliss-reactive ketones (excluding diaryl/α,β-unsaturated/α-hetero) is 1. The Kier molecular flexibility index (Phi) is 5.56. The topological polar surface area (TPSA) is 101 Å². The van der Waals surface area contributed by atoms with E-state index in [0.29, 0.717) is 53.9 Å². The lowest BCUT2D eigenvalue weighted by atomic mass is 9.94. The van der Waals surface area contributed by atoms with Gasteiger partial charge >= 0.3 is 0 Å². The van der Waals surface area contributed by atoms with Crippen LogP contribution in [-0.4, -0.2) is 41.6 Å². The van der Waals surface area contributed by atoms with Crippen LogP contribution in [0, 0.1) is 0 Å². The molecule has 6 rings (SSSR count). The first-order chi connectivity index (χ1) is 18.1. The summed E-state index contributed by atoms with van der Waals surface area (Å²) >= 11 is 0. The van der Waals surface area contributed by atoms with Crippen molar-refractivity contribution in [1.82, 2.24) is 4.98 Å². The van der Waals surface area contributed by atoms with Crippen molar-refractivity contribution in [3.05, 3.63) is 89.6 Å². The third-order valence-corrected chi connectivity index (χ3v) is 6.58. The summed E-state index contributed by atoms with van der Waals surface area (Å²) in [5.41, 5.74) is 2.38. The van der Waals surface area contributed by atoms with Crippen LogP contribution in [0.2, 0.25) is 0 Å². The van der Waals surface area contributed by atoms with E-state index in [-0.39, 0.29) is 11.3 Å². The minimum atomic E-state index is -0.874. The average molecular weight is 497 g/mol. The van der Waals surface area contributed by atoms with E-state index >= 15 is 0 Å². The highest BCUT2D eigenvalue weighted by Crippen LogP contribution is 2.45. The number of hydrogen-bond acceptors (Lipinski definition) is 6. The number of benzene rings is 3. The van der Waals surface area contributed by atoms with Crippen molar-refractivity contribution in [3.63, 3.8) is 0 Å². The van der Waals surface area contributed by atoms with Gasteiger partial charge in [0, 0.05) is 40.0 Å². The number of nitrogens with zero attached hydrogens (tertiary/aromatic N) is 1. The van der Waals surface area contributed by atoms with E-state index in [1.54, 1.807) is 48.7 Å². The van der Waals surface area contributed by atoms with Crippen LogP contribution in [0.25, 0.3) is 16.7 Å². The first kappa shape index (κ1) is 22.7. The second kappa shape index (κ2) is 9.05. The lowest BCUT2D eigenvalue weighted by Crippen LogP contribution is -2.29. The third kappa shape index (κ3) is 3.78. The molecule has 8 nitrogen and oxygen atoms in total. The fourth-order valence-corrected chi connectivity index (χ4v) is 4.95. The molecular weight excluding hydrogens is 472 g/mol. The van der Waals surface area contributed by atoms with Crippen molar-refractivity contribution in [2.75, 3.05) is 24.7 Å². The molecule has 3 aromatic carbocycles. The van der Waals surface area contributed by atoms with Crippen LogP contribution in [-0.2, 0) is 9.59 Å². The summed E-state index contributed by atoms with van der Waals surface area (Å²) in [7, 11) is 0. The standard InChI is InChI=1S/C29H24N2O6/c1-2-35-19-7-5-6-18(15-19)31-26(21-16-30-22-9-4-3-8-20(21)22)25(28(33)29(31)34)27(32)17-10-11-23-24(14-17)37-13-12-36-23/h3-11,14-16,26,30,32H,2,12-13H2,1H3/b27-25+. The number of aromatic nitrogens is 1. The Balaban J connectivity index is 1.56. The molecule has 2 aliphatic heterocycles. The number of aliphatic hydroxyl groups excluding tert-OH is 1. The predicted octanol–water partition coefficient (Wildman–Crippen LogP) is 4.96. The molecule has 1 atom stereocenters. The number of H-pyrrole nitrogens is 1. The molecule has 1 saturated heterocycles. The molecule has 2 aliphatic rings. The number of para-hydroxylation sites is 1. The number of carbonyl (C=O) groups is 2. The number of nitrogens with one attached hydrogen (secondary N) is 1. The van der Waals surface area contributed by atoms with E-state index in [1.165, 1.54) is 4.90 Å². The van der Waals surface area contributed by atoms with Gasteiger partial charge in [-0.3, -0.25) is 14.5 Å². The minimum Gasteiger partial charge on any atom is -0.507 e. The highest BCUT2D eigenvalue weighted by molar-refractivity contribution is 6.52. The van der Waals surface area contributed by atoms with Crippen LogP contribution in [0.5, 0.6) is 17.2 Å². The maximum Gasteiger partial charge on any atom is 0.300 e. The largest absolute Gasteiger partial charge is 0.507 e. The number of rotatable bonds is 5. The number of anilines is 1. The van der Waals surface area contributed by atoms with Gasteiger partial charge in [0.15, 0.2) is 11.5 Å². The summed E-state index contributed by atoms with van der Waals surface area (Å²) in [6.07, 6.45) is 1.78. The molecule has 1 unspecified atom stereocenters. The Hall–Kier alpha value is -4.72. The molecule has 0 saturated carbocycles. The molecule has 4 aromatic rings. The van der Waals surface area contributed by atoms with E-state index in [2.05, 4.69) is 4.98 Å². The molecule has 37 heavy (non-hydrogen) atoms. The fourth-order valence-electron chi connectivity index (χ4n) is 4.95. The number of ketones is 1. The van der Waals surface area contributed by atoms with Crippen molar-refractivity contribution >= 4 is 34.0 Å². The van der Waals surface area contributed by atoms with Crippen molar-refractivity contribution in [3.8, 4) is 17.2 Å². The SMILES string of the molecule is CCOc1cccc(N2C(=O)C(=O)/C(=C(/O)c3ccc4c(c3)OCCO4)C2c2c[nH]c3ccccc23)c1. The number of fused-ring (bicyclic) bond motifs is 2. The van der Waals surface area contributed by atoms with Gasteiger partial charge in [0.2, 0.25) is 0 Å². The van der Waals surface area contributed by atoms with Crippen LogP contribution in [0.4, 0.5) is 5.69 Å². The number of ether oxygens (including phenoxy) is 3. The van der Waals surface area contributed by atoms with Gasteiger partial charge in [-0.15, -0.1) is 0 Å². The number of aromatic amines is 1. The van der Waals surface area contributed by atoms with Gasteiger partial charge in [-0.2, -0.15) is 0 Å². The Labute approximate surface area is 212 Å². The van der Waals surface area contributed by atoms with Crippen LogP contribution < -0.4 is 19.1 Å². The summed E-state index contributed by atoms with van der Waals surface area (Å²) < 4.78 is 16.9. The lowest BCUT2D eigenvalue weighted by molar-refractivity contribution is -0.132. The predicted molar refractivity (Wildman–Crippen MR) is 138 cm³/mol. The normalized spacial score (nSPS) is 18.4. The van der Waals surface area contributed by atoms with E-state index in [1.807, 2.05) is 31.2 Å². The highest BCUT2D eigenvalue weighted by Gasteiger charge is 2.48. The van der Waals surface area contributed by atoms with Crippen LogP contribution in [0.1, 0.15) is 24.1 Å². The summed E-state index contributed by atoms with van der Waals surface area (Å²) in [5, 5.41) is 12.3. The maximum atomic E-state index is 13.5. The van der Waals surface area contributed by atoms with Gasteiger partial charge in [-0.25, -0.2) is 0 Å². The molecule has 1 fully saturated rings. The van der Waals surface area contributed by atoms with Crippen molar-refractivity contribution in [2.45, 2.75) is 13.0 Å². The molecule has 186 valence electrons. The smallest absolute Gasteiger partial charge is 0.300 e. The number of carbonyl (C=O) groups excluding carboxylic acids is 2. The Bertz CT molecular complexity index is 1570. The molecule has 8 heteroatoms. The zero-order valence-electron chi connectivity index (χ0n) is 20.1. The van der Waals surface area contributed by atoms with Crippen LogP contribution in [0.15, 0.2) is 78.5 Å². The summed E-state index contributed by atoms with van der Waals surface area (Å²) in [6.45, 7) is 3.15. The summed E-state index contributed by atoms with van der Waals surface area (Å²) in [4.78, 5) is 31.7. The lowest BCUT2D eigenvalue weighted by Gasteiger charge is -2.25. The summed E-state index contributed by atoms with van der Waals surface area (Å²) in [6, 6.07) is 18.8. The van der Waals surface area contributed by atoms with Gasteiger partial charge in [0.05, 0.1) is 18.2 Å². The maximum absolute atomic E-state index is 13.5. The van der Waals surface area contributed by atoms with Gasteiger partial charge in [-0.05, 0) is 43.3 Å². The first-order valence-electron chi connectivity index (χ1n) is 12.1. The van der Waals surface area contributed by atoms with Crippen LogP contribution >= 0.6 is 0 Å². The average Bonchev–Trinajstić information content (AvgIpc) is 3.46. The fraction of sp³-hybridized carbons (Fsp3) is 0.172. The zero-order valence-corrected chi connectivity index (χ0v) is 20.1. The minimum absolute atomic E-state index is 0.00626. The zero-order chi connectivity index (χ0) is 25.5. The molecular formula is C29H24N2O6. The molecule has 0 radical (unpaired) electrons. The van der Waals surface area contributed by atoms with Crippen LogP contribution in [0.3, 0.4) is 0 Å². The van der Waals surface area contributed by atoms with Crippen molar-refractivity contribution in [1.29, 1.82) is 0 Å². The molecule has 1 amide bonds. The summed E-state index contributed by atoms with van der Waals surface area (Å²) in [5.74, 6) is -0.185. The molecule has 0 spiro atoms. The molecule has 3 heterocycles. The Morgan fingerprint density at radius 2 is 1.84 bits per heavy atom. The quantitative estimate of drug-likeness (QED) is 0.230. The van der Waals surface area contributed by atoms with Gasteiger partial charge in [0.25, 0.3) is 11.7 Å². The number of amides is 1. The Morgan fingerprint density at radius 3 is 2.68 bits per heavy atom. The van der Waals surface area contributed by atoms with Gasteiger partial charge in [-0.1, -0.05) is 24.3 Å². The van der Waals surface area contributed by atoms with Gasteiger partial charge < -0.3 is 24.3 Å². The molecule has 0 aliphatic carbocycles. The highest BCUT2D eigenvalue weighted by atomic mass is 16.6. The number of hydrogen-bond donors (Lipinski definition) is 2. The van der Waals surface area contributed by atoms with E-state index in [9.17, 15) is 14.7 Å². The molecule has 2 N–H and O–H groups in total. The van der Waals surface area contributed by atoms with E-state index < -0.39 is 17.7 Å². The second-order valence-electron chi connectivity index (χ2n) is 8.75. The van der Waals surface area contributed by atoms with Crippen molar-refractivity contribution < 1.29 is 28.9 Å². The van der Waals surface area contributed by atoms with Gasteiger partial charge in [0.1, 0.15) is 24.7 Å². The Morgan fingerprint density at radius 1 is 1.03 bits per heavy atom. The van der Waals surface area contributed by atoms with E-state index in [0.717, 1.165) is 10.9 Å². The second-order valence-corrected chi connectivity index (χ2v) is 8.75. The monoisotopic (exact) mass is 496 g/mol. The van der Waals surface area contributed by atoms with E-state index in [4.69, 9.17) is 14.2 Å². The first-order valence-corrected chi connectivity index (χ1v) is 12.1. The van der Waals surface area contributed by atoms with Crippen molar-refractivity contribution in [2.24, 2.45) is 0 Å². The third-order valence-electron chi connectivity index (χ3n) is 6.58. The molecule has 1 aromatic heterocycles. The number of aliphatic hydroxyl groups is 1.